The van der Waals surface area contributed by atoms with E-state index in [4.69, 9.17) is 11.6 Å². The highest BCUT2D eigenvalue weighted by Crippen LogP contribution is 2.19. The highest BCUT2D eigenvalue weighted by atomic mass is 35.5. The Balaban J connectivity index is 2.30. The Morgan fingerprint density at radius 2 is 1.62 bits per heavy atom. The largest absolute Gasteiger partial charge is 0.354 e. The van der Waals surface area contributed by atoms with E-state index in [0.717, 1.165) is 15.4 Å². The molecule has 9 heteroatoms. The van der Waals surface area contributed by atoms with Crippen LogP contribution in [0.4, 0.5) is 0 Å². The van der Waals surface area contributed by atoms with Crippen LogP contribution >= 0.6 is 11.6 Å². The minimum atomic E-state index is -3.91. The number of hydrogen-bond acceptors (Lipinski definition) is 4. The standard InChI is InChI=1S/C25H34ClN3O4S/c1-6-23(25(31)27-15-18(2)3)29(16-20-9-7-19(4)8-10-20)24(30)17-28(5)34(32,33)22-13-11-21(26)12-14-22/h7-14,18,23H,6,15-17H2,1-5H3,(H,27,31)/t23-/m1/s1. The van der Waals surface area contributed by atoms with Crippen molar-refractivity contribution in [1.29, 1.82) is 0 Å². The van der Waals surface area contributed by atoms with E-state index in [9.17, 15) is 18.0 Å². The van der Waals surface area contributed by atoms with Crippen LogP contribution in [0.5, 0.6) is 0 Å². The first-order valence-electron chi connectivity index (χ1n) is 11.3. The third kappa shape index (κ3) is 7.55. The van der Waals surface area contributed by atoms with Gasteiger partial charge in [0.05, 0.1) is 11.4 Å². The Kier molecular flexibility index (Phi) is 10.1. The van der Waals surface area contributed by atoms with Crippen LogP contribution in [0.25, 0.3) is 0 Å². The summed E-state index contributed by atoms with van der Waals surface area (Å²) in [5.41, 5.74) is 1.94. The van der Waals surface area contributed by atoms with Crippen LogP contribution < -0.4 is 5.32 Å². The molecule has 0 unspecified atom stereocenters. The lowest BCUT2D eigenvalue weighted by Crippen LogP contribution is -2.52. The molecule has 0 heterocycles. The van der Waals surface area contributed by atoms with E-state index in [1.807, 2.05) is 52.0 Å². The van der Waals surface area contributed by atoms with Crippen LogP contribution in [0.3, 0.4) is 0 Å². The molecule has 0 spiro atoms. The predicted octanol–water partition coefficient (Wildman–Crippen LogP) is 3.85. The Bertz CT molecular complexity index is 1070. The van der Waals surface area contributed by atoms with Gasteiger partial charge in [0.1, 0.15) is 6.04 Å². The lowest BCUT2D eigenvalue weighted by Gasteiger charge is -2.32. The van der Waals surface area contributed by atoms with Gasteiger partial charge in [0.15, 0.2) is 0 Å². The summed E-state index contributed by atoms with van der Waals surface area (Å²) in [6.45, 7) is 8.08. The summed E-state index contributed by atoms with van der Waals surface area (Å²) in [7, 11) is -2.56. The molecule has 2 aromatic rings. The number of halogens is 1. The smallest absolute Gasteiger partial charge is 0.243 e. The van der Waals surface area contributed by atoms with Crippen molar-refractivity contribution in [3.8, 4) is 0 Å². The van der Waals surface area contributed by atoms with Gasteiger partial charge in [-0.05, 0) is 49.1 Å². The van der Waals surface area contributed by atoms with Gasteiger partial charge in [-0.1, -0.05) is 62.2 Å². The van der Waals surface area contributed by atoms with E-state index < -0.39 is 28.5 Å². The number of hydrogen-bond donors (Lipinski definition) is 1. The fourth-order valence-electron chi connectivity index (χ4n) is 3.39. The van der Waals surface area contributed by atoms with Gasteiger partial charge < -0.3 is 10.2 Å². The maximum atomic E-state index is 13.4. The van der Waals surface area contributed by atoms with Crippen molar-refractivity contribution in [2.24, 2.45) is 5.92 Å². The number of carbonyl (C=O) groups is 2. The SMILES string of the molecule is CC[C@H](C(=O)NCC(C)C)N(Cc1ccc(C)cc1)C(=O)CN(C)S(=O)(=O)c1ccc(Cl)cc1. The number of benzene rings is 2. The van der Waals surface area contributed by atoms with Crippen LogP contribution in [-0.2, 0) is 26.2 Å². The zero-order valence-electron chi connectivity index (χ0n) is 20.4. The second kappa shape index (κ2) is 12.3. The molecule has 2 rings (SSSR count). The molecule has 2 aromatic carbocycles. The lowest BCUT2D eigenvalue weighted by atomic mass is 10.1. The van der Waals surface area contributed by atoms with E-state index in [2.05, 4.69) is 5.32 Å². The fraction of sp³-hybridized carbons (Fsp3) is 0.440. The number of rotatable bonds is 11. The molecule has 7 nitrogen and oxygen atoms in total. The summed E-state index contributed by atoms with van der Waals surface area (Å²) in [5.74, 6) is -0.439. The molecular weight excluding hydrogens is 474 g/mol. The van der Waals surface area contributed by atoms with Crippen molar-refractivity contribution in [2.75, 3.05) is 20.1 Å². The van der Waals surface area contributed by atoms with E-state index in [1.165, 1.54) is 36.2 Å². The number of sulfonamides is 1. The molecule has 186 valence electrons. The molecule has 34 heavy (non-hydrogen) atoms. The highest BCUT2D eigenvalue weighted by molar-refractivity contribution is 7.89. The quantitative estimate of drug-likeness (QED) is 0.500. The fourth-order valence-corrected chi connectivity index (χ4v) is 4.63. The average molecular weight is 508 g/mol. The van der Waals surface area contributed by atoms with Gasteiger partial charge in [0, 0.05) is 25.2 Å². The molecule has 0 aliphatic heterocycles. The molecule has 0 bridgehead atoms. The normalized spacial score (nSPS) is 12.6. The van der Waals surface area contributed by atoms with Gasteiger partial charge in [-0.3, -0.25) is 9.59 Å². The lowest BCUT2D eigenvalue weighted by molar-refractivity contribution is -0.141. The highest BCUT2D eigenvalue weighted by Gasteiger charge is 2.31. The molecule has 0 aliphatic rings. The van der Waals surface area contributed by atoms with Crippen LogP contribution in [0.2, 0.25) is 5.02 Å². The van der Waals surface area contributed by atoms with Crippen molar-refractivity contribution in [2.45, 2.75) is 51.6 Å². The number of carbonyl (C=O) groups excluding carboxylic acids is 2. The zero-order chi connectivity index (χ0) is 25.5. The molecule has 0 saturated heterocycles. The Morgan fingerprint density at radius 3 is 2.15 bits per heavy atom. The zero-order valence-corrected chi connectivity index (χ0v) is 22.0. The first-order chi connectivity index (χ1) is 15.9. The summed E-state index contributed by atoms with van der Waals surface area (Å²) in [6, 6.07) is 12.7. The molecular formula is C25H34ClN3O4S. The monoisotopic (exact) mass is 507 g/mol. The molecule has 1 atom stereocenters. The van der Waals surface area contributed by atoms with Gasteiger partial charge >= 0.3 is 0 Å². The minimum Gasteiger partial charge on any atom is -0.354 e. The molecule has 0 radical (unpaired) electrons. The topological polar surface area (TPSA) is 86.8 Å². The van der Waals surface area contributed by atoms with E-state index in [1.54, 1.807) is 0 Å². The van der Waals surface area contributed by atoms with Gasteiger partial charge in [-0.15, -0.1) is 0 Å². The first kappa shape index (κ1) is 27.8. The Morgan fingerprint density at radius 1 is 1.03 bits per heavy atom. The molecule has 1 N–H and O–H groups in total. The van der Waals surface area contributed by atoms with E-state index in [0.29, 0.717) is 18.0 Å². The Labute approximate surface area is 208 Å². The molecule has 0 aliphatic carbocycles. The van der Waals surface area contributed by atoms with Crippen molar-refractivity contribution < 1.29 is 18.0 Å². The van der Waals surface area contributed by atoms with Crippen molar-refractivity contribution >= 4 is 33.4 Å². The molecule has 0 fully saturated rings. The van der Waals surface area contributed by atoms with Crippen LogP contribution in [-0.4, -0.2) is 55.6 Å². The minimum absolute atomic E-state index is 0.0407. The number of nitrogens with one attached hydrogen (secondary N) is 1. The second-order valence-corrected chi connectivity index (χ2v) is 11.3. The third-order valence-electron chi connectivity index (χ3n) is 5.42. The third-order valence-corrected chi connectivity index (χ3v) is 7.49. The van der Waals surface area contributed by atoms with E-state index in [-0.39, 0.29) is 23.3 Å². The second-order valence-electron chi connectivity index (χ2n) is 8.79. The number of likely N-dealkylation sites (N-methyl/N-ethyl adjacent to an activating group) is 1. The molecule has 2 amide bonds. The van der Waals surface area contributed by atoms with Gasteiger partial charge in [0.25, 0.3) is 0 Å². The van der Waals surface area contributed by atoms with Crippen LogP contribution in [0.15, 0.2) is 53.4 Å². The van der Waals surface area contributed by atoms with Crippen molar-refractivity contribution in [1.82, 2.24) is 14.5 Å². The summed E-state index contributed by atoms with van der Waals surface area (Å²) in [6.07, 6.45) is 0.398. The van der Waals surface area contributed by atoms with Crippen LogP contribution in [0, 0.1) is 12.8 Å². The van der Waals surface area contributed by atoms with Crippen molar-refractivity contribution in [3.05, 3.63) is 64.7 Å². The predicted molar refractivity (Wildman–Crippen MR) is 135 cm³/mol. The van der Waals surface area contributed by atoms with Gasteiger partial charge in [0.2, 0.25) is 21.8 Å². The number of amides is 2. The average Bonchev–Trinajstić information content (AvgIpc) is 2.79. The Hall–Kier alpha value is -2.42. The number of nitrogens with zero attached hydrogens (tertiary/aromatic N) is 2. The maximum Gasteiger partial charge on any atom is 0.243 e. The van der Waals surface area contributed by atoms with Crippen molar-refractivity contribution in [3.63, 3.8) is 0 Å². The summed E-state index contributed by atoms with van der Waals surface area (Å²) >= 11 is 5.87. The van der Waals surface area contributed by atoms with E-state index >= 15 is 0 Å². The maximum absolute atomic E-state index is 13.4. The van der Waals surface area contributed by atoms with Crippen LogP contribution in [0.1, 0.15) is 38.3 Å². The first-order valence-corrected chi connectivity index (χ1v) is 13.1. The summed E-state index contributed by atoms with van der Waals surface area (Å²) in [5, 5.41) is 3.32. The summed E-state index contributed by atoms with van der Waals surface area (Å²) < 4.78 is 27.0. The molecule has 0 saturated carbocycles. The van der Waals surface area contributed by atoms with Gasteiger partial charge in [-0.2, -0.15) is 4.31 Å². The molecule has 0 aromatic heterocycles. The summed E-state index contributed by atoms with van der Waals surface area (Å²) in [4.78, 5) is 27.9. The van der Waals surface area contributed by atoms with Gasteiger partial charge in [-0.25, -0.2) is 8.42 Å². The number of aryl methyl sites for hydroxylation is 1.